The fourth-order valence-corrected chi connectivity index (χ4v) is 2.19. The molecule has 27 heavy (non-hydrogen) atoms. The molecule has 0 saturated carbocycles. The van der Waals surface area contributed by atoms with Gasteiger partial charge in [0.2, 0.25) is 5.89 Å². The highest BCUT2D eigenvalue weighted by molar-refractivity contribution is 5.90. The first-order valence-corrected chi connectivity index (χ1v) is 7.65. The van der Waals surface area contributed by atoms with Gasteiger partial charge in [0.25, 0.3) is 5.69 Å². The van der Waals surface area contributed by atoms with E-state index in [0.717, 1.165) is 0 Å². The van der Waals surface area contributed by atoms with E-state index in [9.17, 15) is 20.0 Å². The second-order valence-electron chi connectivity index (χ2n) is 5.31. The number of nitrogens with zero attached hydrogens (tertiary/aromatic N) is 3. The van der Waals surface area contributed by atoms with Crippen LogP contribution in [-0.4, -0.2) is 34.3 Å². The van der Waals surface area contributed by atoms with Gasteiger partial charge in [-0.25, -0.2) is 9.78 Å². The Hall–Kier alpha value is -4.01. The number of rotatable bonds is 5. The highest BCUT2D eigenvalue weighted by atomic mass is 16.6. The Morgan fingerprint density at radius 3 is 2.48 bits per heavy atom. The van der Waals surface area contributed by atoms with E-state index in [4.69, 9.17) is 4.42 Å². The number of non-ortho nitro benzene ring substituents is 1. The number of aliphatic imine (C=N–C) groups is 1. The summed E-state index contributed by atoms with van der Waals surface area (Å²) in [7, 11) is 1.30. The van der Waals surface area contributed by atoms with Gasteiger partial charge in [0, 0.05) is 17.7 Å². The summed E-state index contributed by atoms with van der Waals surface area (Å²) >= 11 is 0. The third-order valence-corrected chi connectivity index (χ3v) is 3.58. The van der Waals surface area contributed by atoms with Crippen LogP contribution in [0.3, 0.4) is 0 Å². The fourth-order valence-electron chi connectivity index (χ4n) is 2.19. The van der Waals surface area contributed by atoms with E-state index in [1.807, 2.05) is 0 Å². The number of carbonyl (C=O) groups excluding carboxylic acids is 1. The van der Waals surface area contributed by atoms with Crippen LogP contribution in [0.2, 0.25) is 0 Å². The summed E-state index contributed by atoms with van der Waals surface area (Å²) in [5, 5.41) is 20.6. The van der Waals surface area contributed by atoms with E-state index in [-0.39, 0.29) is 17.3 Å². The summed E-state index contributed by atoms with van der Waals surface area (Å²) in [4.78, 5) is 29.8. The van der Waals surface area contributed by atoms with E-state index in [0.29, 0.717) is 16.8 Å². The molecule has 0 aliphatic heterocycles. The number of nitro benzene ring substituents is 1. The zero-order valence-electron chi connectivity index (χ0n) is 14.0. The highest BCUT2D eigenvalue weighted by Gasteiger charge is 2.14. The lowest BCUT2D eigenvalue weighted by Crippen LogP contribution is -1.99. The Kier molecular flexibility index (Phi) is 4.93. The van der Waals surface area contributed by atoms with Gasteiger partial charge in [-0.1, -0.05) is 0 Å². The van der Waals surface area contributed by atoms with Crippen LogP contribution in [0.5, 0.6) is 5.95 Å². The van der Waals surface area contributed by atoms with Crippen molar-refractivity contribution in [1.29, 1.82) is 0 Å². The van der Waals surface area contributed by atoms with Crippen molar-refractivity contribution in [3.63, 3.8) is 0 Å². The first-order chi connectivity index (χ1) is 13.0. The van der Waals surface area contributed by atoms with Gasteiger partial charge in [-0.2, -0.15) is 0 Å². The minimum absolute atomic E-state index is 0.0632. The number of aromatic nitrogens is 1. The predicted molar refractivity (Wildman–Crippen MR) is 95.3 cm³/mol. The topological polar surface area (TPSA) is 128 Å². The quantitative estimate of drug-likeness (QED) is 0.316. The molecule has 0 amide bonds. The van der Waals surface area contributed by atoms with Gasteiger partial charge >= 0.3 is 11.9 Å². The van der Waals surface area contributed by atoms with Crippen LogP contribution in [0.15, 0.2) is 57.9 Å². The third kappa shape index (κ3) is 3.98. The van der Waals surface area contributed by atoms with E-state index >= 15 is 0 Å². The van der Waals surface area contributed by atoms with Crippen molar-refractivity contribution in [2.75, 3.05) is 7.11 Å². The van der Waals surface area contributed by atoms with Gasteiger partial charge in [-0.05, 0) is 36.4 Å². The van der Waals surface area contributed by atoms with Gasteiger partial charge in [0.15, 0.2) is 5.69 Å². The van der Waals surface area contributed by atoms with E-state index in [1.54, 1.807) is 24.3 Å². The minimum atomic E-state index is -0.514. The zero-order valence-corrected chi connectivity index (χ0v) is 14.0. The number of ether oxygens (including phenoxy) is 1. The number of carbonyl (C=O) groups is 1. The van der Waals surface area contributed by atoms with Crippen LogP contribution in [0.4, 0.5) is 11.4 Å². The van der Waals surface area contributed by atoms with Crippen molar-refractivity contribution < 1.29 is 24.0 Å². The van der Waals surface area contributed by atoms with Crippen molar-refractivity contribution in [1.82, 2.24) is 4.98 Å². The number of hydrogen-bond acceptors (Lipinski definition) is 8. The first-order valence-electron chi connectivity index (χ1n) is 7.65. The Labute approximate surface area is 152 Å². The standard InChI is InChI=1S/C18H13N3O6/c1-26-17(22)12-2-6-13(7-3-12)19-10-15-18(23)27-16(20-15)11-4-8-14(9-5-11)21(24)25/h2-10,23H,1H3. The lowest BCUT2D eigenvalue weighted by molar-refractivity contribution is -0.384. The molecule has 0 aliphatic carbocycles. The van der Waals surface area contributed by atoms with Crippen molar-refractivity contribution in [2.45, 2.75) is 0 Å². The maximum Gasteiger partial charge on any atom is 0.337 e. The SMILES string of the molecule is COC(=O)c1ccc(N=Cc2nc(-c3ccc([N+](=O)[O-])cc3)oc2O)cc1. The fraction of sp³-hybridized carbons (Fsp3) is 0.0556. The maximum absolute atomic E-state index is 11.4. The van der Waals surface area contributed by atoms with Gasteiger partial charge < -0.3 is 14.3 Å². The van der Waals surface area contributed by atoms with Gasteiger partial charge in [0.05, 0.1) is 29.5 Å². The molecule has 9 nitrogen and oxygen atoms in total. The summed E-state index contributed by atoms with van der Waals surface area (Å²) in [6.07, 6.45) is 1.31. The Bertz CT molecular complexity index is 1010. The number of benzene rings is 2. The average molecular weight is 367 g/mol. The minimum Gasteiger partial charge on any atom is -0.479 e. The lowest BCUT2D eigenvalue weighted by Gasteiger charge is -1.98. The smallest absolute Gasteiger partial charge is 0.337 e. The average Bonchev–Trinajstić information content (AvgIpc) is 3.07. The largest absolute Gasteiger partial charge is 0.479 e. The number of methoxy groups -OCH3 is 1. The summed E-state index contributed by atoms with van der Waals surface area (Å²) in [5.41, 5.74) is 1.42. The molecule has 0 radical (unpaired) electrons. The molecule has 1 aromatic heterocycles. The first kappa shape index (κ1) is 17.8. The molecule has 0 atom stereocenters. The van der Waals surface area contributed by atoms with Crippen LogP contribution in [0.1, 0.15) is 16.1 Å². The van der Waals surface area contributed by atoms with E-state index in [2.05, 4.69) is 14.7 Å². The zero-order chi connectivity index (χ0) is 19.4. The normalized spacial score (nSPS) is 10.9. The highest BCUT2D eigenvalue weighted by Crippen LogP contribution is 2.27. The van der Waals surface area contributed by atoms with Crippen LogP contribution in [0.25, 0.3) is 11.5 Å². The Morgan fingerprint density at radius 1 is 1.22 bits per heavy atom. The van der Waals surface area contributed by atoms with E-state index in [1.165, 1.54) is 37.6 Å². The Balaban J connectivity index is 1.79. The molecule has 0 bridgehead atoms. The molecule has 9 heteroatoms. The molecule has 0 aliphatic rings. The van der Waals surface area contributed by atoms with E-state index < -0.39 is 16.8 Å². The molecule has 3 rings (SSSR count). The number of aromatic hydroxyl groups is 1. The third-order valence-electron chi connectivity index (χ3n) is 3.58. The number of esters is 1. The van der Waals surface area contributed by atoms with Crippen molar-refractivity contribution in [3.05, 3.63) is 69.9 Å². The molecule has 2 aromatic carbocycles. The molecular formula is C18H13N3O6. The monoisotopic (exact) mass is 367 g/mol. The van der Waals surface area contributed by atoms with Gasteiger partial charge in [0.1, 0.15) is 0 Å². The van der Waals surface area contributed by atoms with Crippen LogP contribution in [-0.2, 0) is 4.74 Å². The molecule has 3 aromatic rings. The number of oxazole rings is 1. The summed E-state index contributed by atoms with van der Waals surface area (Å²) in [6.45, 7) is 0. The lowest BCUT2D eigenvalue weighted by atomic mass is 10.2. The summed E-state index contributed by atoms with van der Waals surface area (Å²) < 4.78 is 9.79. The molecule has 0 fully saturated rings. The molecule has 0 saturated heterocycles. The summed E-state index contributed by atoms with van der Waals surface area (Å²) in [5.74, 6) is -0.782. The second-order valence-corrected chi connectivity index (χ2v) is 5.31. The maximum atomic E-state index is 11.4. The summed E-state index contributed by atoms with van der Waals surface area (Å²) in [6, 6.07) is 11.9. The molecule has 0 unspecified atom stereocenters. The predicted octanol–water partition coefficient (Wildman–Crippen LogP) is 3.49. The van der Waals surface area contributed by atoms with Gasteiger partial charge in [-0.3, -0.25) is 15.1 Å². The molecular weight excluding hydrogens is 354 g/mol. The molecule has 0 spiro atoms. The van der Waals surface area contributed by atoms with Crippen molar-refractivity contribution in [2.24, 2.45) is 4.99 Å². The van der Waals surface area contributed by atoms with Crippen LogP contribution in [0, 0.1) is 10.1 Å². The molecule has 1 N–H and O–H groups in total. The Morgan fingerprint density at radius 2 is 1.89 bits per heavy atom. The van der Waals surface area contributed by atoms with Gasteiger partial charge in [-0.15, -0.1) is 0 Å². The van der Waals surface area contributed by atoms with Crippen LogP contribution >= 0.6 is 0 Å². The number of nitro groups is 1. The second kappa shape index (κ2) is 7.48. The number of hydrogen-bond donors (Lipinski definition) is 1. The van der Waals surface area contributed by atoms with Crippen molar-refractivity contribution >= 4 is 23.6 Å². The molecule has 136 valence electrons. The van der Waals surface area contributed by atoms with Crippen molar-refractivity contribution in [3.8, 4) is 17.4 Å². The van der Waals surface area contributed by atoms with Crippen LogP contribution < -0.4 is 0 Å². The molecule has 1 heterocycles.